The summed E-state index contributed by atoms with van der Waals surface area (Å²) in [7, 11) is 0. The molecule has 0 aliphatic carbocycles. The number of hydrogen-bond acceptors (Lipinski definition) is 4. The maximum atomic E-state index is 13.3. The lowest BCUT2D eigenvalue weighted by molar-refractivity contribution is -0.122. The van der Waals surface area contributed by atoms with Crippen molar-refractivity contribution in [1.82, 2.24) is 5.32 Å². The number of imide groups is 2. The summed E-state index contributed by atoms with van der Waals surface area (Å²) in [6.07, 6.45) is 1.43. The SMILES string of the molecule is Cc1c(Cl)cccc1N1C(=O)NC(=O)/C(=C\c2cc(Br)c(OCc3cccc4ccccc34)c(Br)c2)C1=O. The molecule has 0 unspecified atom stereocenters. The zero-order valence-electron chi connectivity index (χ0n) is 19.9. The van der Waals surface area contributed by atoms with Crippen LogP contribution in [0.4, 0.5) is 10.5 Å². The Labute approximate surface area is 240 Å². The summed E-state index contributed by atoms with van der Waals surface area (Å²) in [4.78, 5) is 39.4. The number of urea groups is 1. The molecule has 1 aliphatic heterocycles. The normalized spacial score (nSPS) is 14.8. The third-order valence-electron chi connectivity index (χ3n) is 6.17. The van der Waals surface area contributed by atoms with E-state index in [1.54, 1.807) is 37.3 Å². The Bertz CT molecular complexity index is 1640. The van der Waals surface area contributed by atoms with E-state index in [4.69, 9.17) is 16.3 Å². The largest absolute Gasteiger partial charge is 0.487 e. The molecule has 9 heteroatoms. The van der Waals surface area contributed by atoms with Gasteiger partial charge in [0.15, 0.2) is 0 Å². The fourth-order valence-corrected chi connectivity index (χ4v) is 5.87. The van der Waals surface area contributed by atoms with Gasteiger partial charge in [-0.2, -0.15) is 0 Å². The standard InChI is InChI=1S/C29H19Br2ClN2O4/c1-16-24(32)10-5-11-25(16)34-28(36)21(27(35)33-29(34)37)12-17-13-22(30)26(23(31)14-17)38-15-19-8-4-7-18-6-2-3-9-20(18)19/h2-14H,15H2,1H3,(H,33,35,37)/b21-12+. The number of benzene rings is 4. The van der Waals surface area contributed by atoms with Gasteiger partial charge in [0.05, 0.1) is 14.6 Å². The maximum absolute atomic E-state index is 13.3. The highest BCUT2D eigenvalue weighted by Gasteiger charge is 2.37. The molecule has 0 spiro atoms. The number of nitrogens with one attached hydrogen (secondary N) is 1. The summed E-state index contributed by atoms with van der Waals surface area (Å²) in [6.45, 7) is 2.04. The predicted molar refractivity (Wildman–Crippen MR) is 155 cm³/mol. The van der Waals surface area contributed by atoms with Gasteiger partial charge in [0.1, 0.15) is 17.9 Å². The van der Waals surface area contributed by atoms with Crippen molar-refractivity contribution >= 4 is 83.8 Å². The third kappa shape index (κ3) is 4.99. The molecule has 38 heavy (non-hydrogen) atoms. The lowest BCUT2D eigenvalue weighted by Gasteiger charge is -2.27. The van der Waals surface area contributed by atoms with Gasteiger partial charge in [-0.05, 0) is 96.6 Å². The van der Waals surface area contributed by atoms with E-state index in [2.05, 4.69) is 55.4 Å². The van der Waals surface area contributed by atoms with E-state index in [0.29, 0.717) is 43.1 Å². The second kappa shape index (κ2) is 10.7. The lowest BCUT2D eigenvalue weighted by atomic mass is 10.1. The topological polar surface area (TPSA) is 75.7 Å². The summed E-state index contributed by atoms with van der Waals surface area (Å²) in [5.41, 5.74) is 2.25. The van der Waals surface area contributed by atoms with Crippen molar-refractivity contribution in [1.29, 1.82) is 0 Å². The highest BCUT2D eigenvalue weighted by molar-refractivity contribution is 9.11. The van der Waals surface area contributed by atoms with Crippen LogP contribution in [0.15, 0.2) is 87.3 Å². The number of hydrogen-bond donors (Lipinski definition) is 1. The van der Waals surface area contributed by atoms with E-state index in [9.17, 15) is 14.4 Å². The van der Waals surface area contributed by atoms with Gasteiger partial charge in [-0.25, -0.2) is 9.69 Å². The number of nitrogens with zero attached hydrogens (tertiary/aromatic N) is 1. The highest BCUT2D eigenvalue weighted by atomic mass is 79.9. The fourth-order valence-electron chi connectivity index (χ4n) is 4.25. The second-order valence-corrected chi connectivity index (χ2v) is 10.7. The zero-order valence-corrected chi connectivity index (χ0v) is 23.9. The van der Waals surface area contributed by atoms with Gasteiger partial charge < -0.3 is 4.74 Å². The Morgan fingerprint density at radius 1 is 0.947 bits per heavy atom. The maximum Gasteiger partial charge on any atom is 0.335 e. The summed E-state index contributed by atoms with van der Waals surface area (Å²) in [5.74, 6) is -0.946. The Morgan fingerprint density at radius 3 is 2.39 bits per heavy atom. The third-order valence-corrected chi connectivity index (χ3v) is 7.75. The Kier molecular flexibility index (Phi) is 7.38. The van der Waals surface area contributed by atoms with Crippen LogP contribution in [0.5, 0.6) is 5.75 Å². The van der Waals surface area contributed by atoms with Crippen molar-refractivity contribution in [3.63, 3.8) is 0 Å². The van der Waals surface area contributed by atoms with Crippen LogP contribution in [-0.4, -0.2) is 17.8 Å². The molecule has 4 aromatic carbocycles. The molecule has 0 saturated carbocycles. The van der Waals surface area contributed by atoms with E-state index in [1.165, 1.54) is 6.08 Å². The summed E-state index contributed by atoms with van der Waals surface area (Å²) in [5, 5.41) is 4.88. The molecule has 1 N–H and O–H groups in total. The Morgan fingerprint density at radius 2 is 1.63 bits per heavy atom. The molecular weight excluding hydrogens is 636 g/mol. The van der Waals surface area contributed by atoms with Crippen molar-refractivity contribution in [2.24, 2.45) is 0 Å². The molecule has 4 amide bonds. The van der Waals surface area contributed by atoms with Crippen LogP contribution in [0.2, 0.25) is 5.02 Å². The molecule has 1 fully saturated rings. The molecule has 0 atom stereocenters. The van der Waals surface area contributed by atoms with Crippen molar-refractivity contribution in [3.05, 3.63) is 109 Å². The van der Waals surface area contributed by atoms with E-state index >= 15 is 0 Å². The number of halogens is 3. The molecule has 4 aromatic rings. The molecule has 1 heterocycles. The van der Waals surface area contributed by atoms with Gasteiger partial charge in [0.2, 0.25) is 0 Å². The average molecular weight is 655 g/mol. The van der Waals surface area contributed by atoms with Gasteiger partial charge in [0.25, 0.3) is 11.8 Å². The minimum atomic E-state index is -0.831. The van der Waals surface area contributed by atoms with Crippen molar-refractivity contribution in [2.75, 3.05) is 4.90 Å². The average Bonchev–Trinajstić information content (AvgIpc) is 2.88. The molecule has 1 aliphatic rings. The number of ether oxygens (including phenoxy) is 1. The number of fused-ring (bicyclic) bond motifs is 1. The summed E-state index contributed by atoms with van der Waals surface area (Å²) >= 11 is 13.3. The molecule has 0 bridgehead atoms. The molecular formula is C29H19Br2ClN2O4. The van der Waals surface area contributed by atoms with Crippen LogP contribution < -0.4 is 15.0 Å². The molecule has 190 valence electrons. The molecule has 0 radical (unpaired) electrons. The number of rotatable bonds is 5. The van der Waals surface area contributed by atoms with Gasteiger partial charge in [0, 0.05) is 5.02 Å². The van der Waals surface area contributed by atoms with Crippen LogP contribution in [0.1, 0.15) is 16.7 Å². The highest BCUT2D eigenvalue weighted by Crippen LogP contribution is 2.37. The van der Waals surface area contributed by atoms with Crippen LogP contribution in [0.3, 0.4) is 0 Å². The molecule has 6 nitrogen and oxygen atoms in total. The van der Waals surface area contributed by atoms with Crippen molar-refractivity contribution < 1.29 is 19.1 Å². The predicted octanol–water partition coefficient (Wildman–Crippen LogP) is 7.57. The minimum Gasteiger partial charge on any atom is -0.487 e. The quantitative estimate of drug-likeness (QED) is 0.178. The van der Waals surface area contributed by atoms with Gasteiger partial charge in [-0.1, -0.05) is 60.1 Å². The first-order chi connectivity index (χ1) is 18.2. The zero-order chi connectivity index (χ0) is 27.0. The first kappa shape index (κ1) is 26.2. The van der Waals surface area contributed by atoms with Crippen molar-refractivity contribution in [2.45, 2.75) is 13.5 Å². The first-order valence-corrected chi connectivity index (χ1v) is 13.5. The number of anilines is 1. The first-order valence-electron chi connectivity index (χ1n) is 11.5. The van der Waals surface area contributed by atoms with Gasteiger partial charge in [-0.3, -0.25) is 14.9 Å². The van der Waals surface area contributed by atoms with Crippen LogP contribution in [-0.2, 0) is 16.2 Å². The number of amides is 4. The number of carbonyl (C=O) groups is 3. The van der Waals surface area contributed by atoms with Crippen molar-refractivity contribution in [3.8, 4) is 5.75 Å². The number of barbiturate groups is 1. The summed E-state index contributed by atoms with van der Waals surface area (Å²) in [6, 6.07) is 21.7. The van der Waals surface area contributed by atoms with Crippen LogP contribution >= 0.6 is 43.5 Å². The number of carbonyl (C=O) groups excluding carboxylic acids is 3. The molecule has 5 rings (SSSR count). The molecule has 1 saturated heterocycles. The van der Waals surface area contributed by atoms with E-state index in [1.807, 2.05) is 24.3 Å². The van der Waals surface area contributed by atoms with E-state index in [0.717, 1.165) is 21.2 Å². The fraction of sp³-hybridized carbons (Fsp3) is 0.0690. The Hall–Kier alpha value is -3.46. The van der Waals surface area contributed by atoms with Crippen LogP contribution in [0.25, 0.3) is 16.8 Å². The molecule has 0 aromatic heterocycles. The van der Waals surface area contributed by atoms with E-state index in [-0.39, 0.29) is 5.57 Å². The Balaban J connectivity index is 1.43. The van der Waals surface area contributed by atoms with Gasteiger partial charge >= 0.3 is 6.03 Å². The summed E-state index contributed by atoms with van der Waals surface area (Å²) < 4.78 is 7.39. The van der Waals surface area contributed by atoms with Gasteiger partial charge in [-0.15, -0.1) is 0 Å². The monoisotopic (exact) mass is 652 g/mol. The van der Waals surface area contributed by atoms with E-state index < -0.39 is 17.8 Å². The van der Waals surface area contributed by atoms with Crippen LogP contribution in [0, 0.1) is 6.92 Å². The second-order valence-electron chi connectivity index (χ2n) is 8.58. The lowest BCUT2D eigenvalue weighted by Crippen LogP contribution is -2.54. The smallest absolute Gasteiger partial charge is 0.335 e. The minimum absolute atomic E-state index is 0.188.